The van der Waals surface area contributed by atoms with Gasteiger partial charge in [0.2, 0.25) is 0 Å². The number of benzene rings is 1. The van der Waals surface area contributed by atoms with Crippen molar-refractivity contribution in [3.8, 4) is 0 Å². The number of carbonyl (C=O) groups excluding carboxylic acids is 1. The minimum absolute atomic E-state index is 0.0139. The van der Waals surface area contributed by atoms with Crippen molar-refractivity contribution in [1.82, 2.24) is 14.9 Å². The third kappa shape index (κ3) is 2.72. The average molecular weight is 359 g/mol. The van der Waals surface area contributed by atoms with Crippen LogP contribution in [0.25, 0.3) is 10.1 Å². The van der Waals surface area contributed by atoms with E-state index in [1.54, 1.807) is 18.6 Å². The Morgan fingerprint density at radius 2 is 1.92 bits per heavy atom. The van der Waals surface area contributed by atoms with Crippen molar-refractivity contribution < 1.29 is 4.79 Å². The lowest BCUT2D eigenvalue weighted by Crippen LogP contribution is -2.49. The Morgan fingerprint density at radius 3 is 2.62 bits per heavy atom. The van der Waals surface area contributed by atoms with Crippen LogP contribution in [0.1, 0.15) is 9.67 Å². The number of piperazine rings is 1. The zero-order valence-electron chi connectivity index (χ0n) is 12.9. The molecule has 3 aromatic rings. The van der Waals surface area contributed by atoms with Crippen LogP contribution in [0.2, 0.25) is 5.02 Å². The minimum atomic E-state index is 0.0139. The fraction of sp³-hybridized carbons (Fsp3) is 0.235. The monoisotopic (exact) mass is 358 g/mol. The van der Waals surface area contributed by atoms with Gasteiger partial charge in [0, 0.05) is 48.7 Å². The summed E-state index contributed by atoms with van der Waals surface area (Å²) in [5, 5.41) is 1.52. The molecule has 7 heteroatoms. The van der Waals surface area contributed by atoms with E-state index in [0.29, 0.717) is 23.0 Å². The standard InChI is InChI=1S/C17H15ClN4OS/c18-15-12-3-1-2-4-13(12)24-16(15)17(23)22-9-7-21(8-10-22)14-11-19-5-6-20-14/h1-6,11H,7-10H2. The number of anilines is 1. The van der Waals surface area contributed by atoms with Gasteiger partial charge in [-0.25, -0.2) is 4.98 Å². The molecule has 122 valence electrons. The molecule has 1 fully saturated rings. The average Bonchev–Trinajstić information content (AvgIpc) is 2.99. The number of hydrogen-bond donors (Lipinski definition) is 0. The molecular weight excluding hydrogens is 344 g/mol. The molecule has 1 saturated heterocycles. The Kier molecular flexibility index (Phi) is 4.08. The molecule has 1 aliphatic heterocycles. The van der Waals surface area contributed by atoms with Crippen molar-refractivity contribution in [1.29, 1.82) is 0 Å². The van der Waals surface area contributed by atoms with E-state index in [1.807, 2.05) is 29.2 Å². The van der Waals surface area contributed by atoms with E-state index in [2.05, 4.69) is 14.9 Å². The van der Waals surface area contributed by atoms with Gasteiger partial charge in [-0.05, 0) is 6.07 Å². The Labute approximate surface area is 148 Å². The van der Waals surface area contributed by atoms with Gasteiger partial charge in [0.15, 0.2) is 0 Å². The first-order chi connectivity index (χ1) is 11.7. The predicted molar refractivity (Wildman–Crippen MR) is 97.0 cm³/mol. The molecule has 2 aromatic heterocycles. The lowest BCUT2D eigenvalue weighted by molar-refractivity contribution is 0.0751. The summed E-state index contributed by atoms with van der Waals surface area (Å²) < 4.78 is 1.05. The van der Waals surface area contributed by atoms with Gasteiger partial charge >= 0.3 is 0 Å². The fourth-order valence-electron chi connectivity index (χ4n) is 2.89. The highest BCUT2D eigenvalue weighted by atomic mass is 35.5. The largest absolute Gasteiger partial charge is 0.352 e. The van der Waals surface area contributed by atoms with Crippen LogP contribution in [-0.2, 0) is 0 Å². The molecule has 0 spiro atoms. The Bertz CT molecular complexity index is 875. The number of nitrogens with zero attached hydrogens (tertiary/aromatic N) is 4. The molecule has 1 aliphatic rings. The van der Waals surface area contributed by atoms with Crippen molar-refractivity contribution in [3.63, 3.8) is 0 Å². The molecule has 1 amide bonds. The first-order valence-electron chi connectivity index (χ1n) is 7.71. The maximum Gasteiger partial charge on any atom is 0.265 e. The molecule has 0 radical (unpaired) electrons. The van der Waals surface area contributed by atoms with Crippen LogP contribution in [0, 0.1) is 0 Å². The normalized spacial score (nSPS) is 15.0. The van der Waals surface area contributed by atoms with E-state index in [9.17, 15) is 4.79 Å². The molecule has 0 saturated carbocycles. The van der Waals surface area contributed by atoms with Gasteiger partial charge < -0.3 is 9.80 Å². The highest BCUT2D eigenvalue weighted by Crippen LogP contribution is 2.36. The molecule has 0 atom stereocenters. The first-order valence-corrected chi connectivity index (χ1v) is 8.91. The minimum Gasteiger partial charge on any atom is -0.352 e. The number of halogens is 1. The van der Waals surface area contributed by atoms with Crippen molar-refractivity contribution in [2.45, 2.75) is 0 Å². The summed E-state index contributed by atoms with van der Waals surface area (Å²) in [5.41, 5.74) is 0. The van der Waals surface area contributed by atoms with E-state index in [0.717, 1.165) is 29.0 Å². The van der Waals surface area contributed by atoms with Crippen LogP contribution in [0.5, 0.6) is 0 Å². The summed E-state index contributed by atoms with van der Waals surface area (Å²) in [6, 6.07) is 7.85. The first kappa shape index (κ1) is 15.4. The van der Waals surface area contributed by atoms with Crippen molar-refractivity contribution in [2.24, 2.45) is 0 Å². The maximum absolute atomic E-state index is 12.8. The highest BCUT2D eigenvalue weighted by molar-refractivity contribution is 7.21. The molecule has 4 rings (SSSR count). The summed E-state index contributed by atoms with van der Waals surface area (Å²) in [6.07, 6.45) is 5.09. The second-order valence-corrected chi connectivity index (χ2v) is 7.01. The van der Waals surface area contributed by atoms with Crippen molar-refractivity contribution in [3.05, 3.63) is 52.8 Å². The summed E-state index contributed by atoms with van der Waals surface area (Å²) in [7, 11) is 0. The van der Waals surface area contributed by atoms with Gasteiger partial charge in [0.1, 0.15) is 10.7 Å². The van der Waals surface area contributed by atoms with Crippen LogP contribution in [0.3, 0.4) is 0 Å². The lowest BCUT2D eigenvalue weighted by atomic mass is 10.2. The Morgan fingerprint density at radius 1 is 1.12 bits per heavy atom. The fourth-order valence-corrected chi connectivity index (χ4v) is 4.37. The van der Waals surface area contributed by atoms with E-state index in [1.165, 1.54) is 11.3 Å². The molecule has 0 unspecified atom stereocenters. The van der Waals surface area contributed by atoms with Crippen molar-refractivity contribution >= 4 is 44.7 Å². The predicted octanol–water partition coefficient (Wildman–Crippen LogP) is 3.31. The number of carbonyl (C=O) groups is 1. The highest BCUT2D eigenvalue weighted by Gasteiger charge is 2.26. The third-order valence-electron chi connectivity index (χ3n) is 4.17. The quantitative estimate of drug-likeness (QED) is 0.705. The maximum atomic E-state index is 12.8. The number of rotatable bonds is 2. The zero-order valence-corrected chi connectivity index (χ0v) is 14.4. The molecule has 0 N–H and O–H groups in total. The summed E-state index contributed by atoms with van der Waals surface area (Å²) >= 11 is 7.89. The van der Waals surface area contributed by atoms with Crippen LogP contribution in [0.15, 0.2) is 42.9 Å². The molecule has 5 nitrogen and oxygen atoms in total. The summed E-state index contributed by atoms with van der Waals surface area (Å²) in [4.78, 5) is 25.9. The van der Waals surface area contributed by atoms with E-state index < -0.39 is 0 Å². The zero-order chi connectivity index (χ0) is 16.5. The van der Waals surface area contributed by atoms with Gasteiger partial charge in [-0.3, -0.25) is 9.78 Å². The van der Waals surface area contributed by atoms with Crippen LogP contribution < -0.4 is 4.90 Å². The van der Waals surface area contributed by atoms with Crippen LogP contribution >= 0.6 is 22.9 Å². The van der Waals surface area contributed by atoms with Crippen molar-refractivity contribution in [2.75, 3.05) is 31.1 Å². The number of hydrogen-bond acceptors (Lipinski definition) is 5. The Hall–Kier alpha value is -2.18. The number of thiophene rings is 1. The topological polar surface area (TPSA) is 49.3 Å². The van der Waals surface area contributed by atoms with Gasteiger partial charge in [0.25, 0.3) is 5.91 Å². The molecular formula is C17H15ClN4OS. The second kappa shape index (κ2) is 6.37. The molecule has 1 aromatic carbocycles. The lowest BCUT2D eigenvalue weighted by Gasteiger charge is -2.35. The molecule has 0 aliphatic carbocycles. The number of amides is 1. The number of aromatic nitrogens is 2. The van der Waals surface area contributed by atoms with E-state index in [-0.39, 0.29) is 5.91 Å². The van der Waals surface area contributed by atoms with Crippen LogP contribution in [0.4, 0.5) is 5.82 Å². The third-order valence-corrected chi connectivity index (χ3v) is 5.83. The van der Waals surface area contributed by atoms with Gasteiger partial charge in [0.05, 0.1) is 11.2 Å². The molecule has 3 heterocycles. The second-order valence-electron chi connectivity index (χ2n) is 5.58. The van der Waals surface area contributed by atoms with Gasteiger partial charge in [-0.1, -0.05) is 29.8 Å². The summed E-state index contributed by atoms with van der Waals surface area (Å²) in [6.45, 7) is 2.79. The van der Waals surface area contributed by atoms with E-state index >= 15 is 0 Å². The summed E-state index contributed by atoms with van der Waals surface area (Å²) in [5.74, 6) is 0.865. The smallest absolute Gasteiger partial charge is 0.265 e. The van der Waals surface area contributed by atoms with Crippen LogP contribution in [-0.4, -0.2) is 47.0 Å². The van der Waals surface area contributed by atoms with Gasteiger partial charge in [-0.2, -0.15) is 0 Å². The number of fused-ring (bicyclic) bond motifs is 1. The molecule has 24 heavy (non-hydrogen) atoms. The van der Waals surface area contributed by atoms with E-state index in [4.69, 9.17) is 11.6 Å². The van der Waals surface area contributed by atoms with Gasteiger partial charge in [-0.15, -0.1) is 11.3 Å². The molecule has 0 bridgehead atoms. The Balaban J connectivity index is 1.51. The SMILES string of the molecule is O=C(c1sc2ccccc2c1Cl)N1CCN(c2cnccn2)CC1.